The Morgan fingerprint density at radius 3 is 2.35 bits per heavy atom. The predicted molar refractivity (Wildman–Crippen MR) is 110 cm³/mol. The van der Waals surface area contributed by atoms with Crippen molar-refractivity contribution in [2.24, 2.45) is 11.8 Å². The van der Waals surface area contributed by atoms with E-state index in [0.717, 1.165) is 34.4 Å². The van der Waals surface area contributed by atoms with Gasteiger partial charge in [-0.25, -0.2) is 0 Å². The lowest BCUT2D eigenvalue weighted by Gasteiger charge is -2.28. The van der Waals surface area contributed by atoms with Crippen molar-refractivity contribution in [1.29, 1.82) is 0 Å². The van der Waals surface area contributed by atoms with Crippen LogP contribution < -0.4 is 0 Å². The molecule has 2 bridgehead atoms. The highest BCUT2D eigenvalue weighted by molar-refractivity contribution is 6.26. The zero-order chi connectivity index (χ0) is 22.2. The maximum atomic E-state index is 13.4. The average molecular weight is 428 g/mol. The van der Waals surface area contributed by atoms with Gasteiger partial charge in [0, 0.05) is 5.92 Å². The van der Waals surface area contributed by atoms with E-state index in [-0.39, 0.29) is 17.5 Å². The molecule has 0 radical (unpaired) electrons. The van der Waals surface area contributed by atoms with Gasteiger partial charge in [0.05, 0.1) is 35.2 Å². The zero-order valence-electron chi connectivity index (χ0n) is 17.5. The number of aliphatic hydroxyl groups excluding tert-OH is 1. The molecule has 1 unspecified atom stereocenters. The minimum atomic E-state index is -4.42. The number of ketones is 1. The molecule has 0 saturated carbocycles. The number of Topliss-reactive ketones (excluding diaryl/α,β-unsaturated/α-hetero) is 1. The third-order valence-corrected chi connectivity index (χ3v) is 7.05. The van der Waals surface area contributed by atoms with Crippen molar-refractivity contribution in [2.75, 3.05) is 0 Å². The van der Waals surface area contributed by atoms with E-state index in [1.165, 1.54) is 6.07 Å². The number of hydrogen-bond acceptors (Lipinski definition) is 3. The largest absolute Gasteiger partial charge is 0.511 e. The molecule has 0 aromatic heterocycles. The maximum absolute atomic E-state index is 13.4. The van der Waals surface area contributed by atoms with Gasteiger partial charge in [-0.1, -0.05) is 35.9 Å². The van der Waals surface area contributed by atoms with E-state index in [1.807, 2.05) is 32.9 Å². The highest BCUT2D eigenvalue weighted by atomic mass is 19.4. The number of aliphatic hydroxyl groups is 1. The number of carbonyl (C=O) groups is 1. The number of ether oxygens (including phenoxy) is 1. The molecule has 3 aliphatic rings. The first-order valence-electron chi connectivity index (χ1n) is 10.5. The molecule has 162 valence electrons. The molecule has 0 amide bonds. The summed E-state index contributed by atoms with van der Waals surface area (Å²) in [7, 11) is 0. The topological polar surface area (TPSA) is 46.5 Å². The van der Waals surface area contributed by atoms with Crippen LogP contribution in [0.25, 0.3) is 5.57 Å². The number of rotatable bonds is 2. The van der Waals surface area contributed by atoms with Gasteiger partial charge in [0.2, 0.25) is 0 Å². The van der Waals surface area contributed by atoms with Gasteiger partial charge in [-0.05, 0) is 55.5 Å². The van der Waals surface area contributed by atoms with Crippen LogP contribution in [-0.4, -0.2) is 23.1 Å². The van der Waals surface area contributed by atoms with Crippen LogP contribution in [0.4, 0.5) is 13.2 Å². The van der Waals surface area contributed by atoms with Gasteiger partial charge in [-0.3, -0.25) is 4.79 Å². The Balaban J connectivity index is 1.55. The van der Waals surface area contributed by atoms with Gasteiger partial charge in [-0.15, -0.1) is 0 Å². The second-order valence-corrected chi connectivity index (χ2v) is 9.05. The molecule has 1 aliphatic carbocycles. The molecule has 2 heterocycles. The van der Waals surface area contributed by atoms with Crippen LogP contribution in [0.1, 0.15) is 45.7 Å². The van der Waals surface area contributed by atoms with E-state index in [9.17, 15) is 23.1 Å². The van der Waals surface area contributed by atoms with E-state index < -0.39 is 35.8 Å². The van der Waals surface area contributed by atoms with Gasteiger partial charge in [0.25, 0.3) is 0 Å². The first-order valence-corrected chi connectivity index (χ1v) is 10.5. The van der Waals surface area contributed by atoms with Crippen LogP contribution in [-0.2, 0) is 15.7 Å². The maximum Gasteiger partial charge on any atom is 0.416 e. The Kier molecular flexibility index (Phi) is 4.39. The summed E-state index contributed by atoms with van der Waals surface area (Å²) in [4.78, 5) is 13.4. The number of hydrogen-bond donors (Lipinski definition) is 1. The molecule has 2 fully saturated rings. The Labute approximate surface area is 178 Å². The van der Waals surface area contributed by atoms with Crippen molar-refractivity contribution >= 4 is 11.4 Å². The molecular formula is C25H23F3O3. The lowest BCUT2D eigenvalue weighted by atomic mass is 9.72. The summed E-state index contributed by atoms with van der Waals surface area (Å²) in [6.07, 6.45) is -4.85. The summed E-state index contributed by atoms with van der Waals surface area (Å²) in [5, 5.41) is 11.2. The molecule has 2 aromatic rings. The molecule has 31 heavy (non-hydrogen) atoms. The van der Waals surface area contributed by atoms with E-state index in [0.29, 0.717) is 17.6 Å². The minimum Gasteiger partial charge on any atom is -0.511 e. The second kappa shape index (κ2) is 6.70. The minimum absolute atomic E-state index is 0.0224. The number of carbonyl (C=O) groups excluding carboxylic acids is 1. The van der Waals surface area contributed by atoms with Crippen molar-refractivity contribution in [1.82, 2.24) is 0 Å². The fourth-order valence-corrected chi connectivity index (χ4v) is 5.95. The Hall–Kier alpha value is -2.60. The van der Waals surface area contributed by atoms with Crippen molar-refractivity contribution in [3.8, 4) is 0 Å². The summed E-state index contributed by atoms with van der Waals surface area (Å²) in [6, 6.07) is 9.27. The summed E-state index contributed by atoms with van der Waals surface area (Å²) < 4.78 is 45.6. The fourth-order valence-electron chi connectivity index (χ4n) is 5.95. The van der Waals surface area contributed by atoms with E-state index in [2.05, 4.69) is 0 Å². The van der Waals surface area contributed by atoms with E-state index >= 15 is 0 Å². The third-order valence-electron chi connectivity index (χ3n) is 7.05. The van der Waals surface area contributed by atoms with Crippen LogP contribution in [0.15, 0.2) is 42.2 Å². The Morgan fingerprint density at radius 1 is 1.03 bits per heavy atom. The van der Waals surface area contributed by atoms with E-state index in [4.69, 9.17) is 4.74 Å². The summed E-state index contributed by atoms with van der Waals surface area (Å²) in [5.41, 5.74) is 3.89. The van der Waals surface area contributed by atoms with Gasteiger partial charge < -0.3 is 9.84 Å². The third kappa shape index (κ3) is 2.95. The standard InChI is InChI=1S/C25H23F3O3/c1-11-7-12(2)18(13(3)8-11)20-22(29)19-17-10-16(24(31-17)21(19)23(20)30)14-5-4-6-15(9-14)25(26,27)28/h4-9,16-17,19,21,24,30H,10H2,1-3H3/t16?,17-,19-,21+,24+/m0/s1. The van der Waals surface area contributed by atoms with Crippen molar-refractivity contribution in [3.63, 3.8) is 0 Å². The predicted octanol–water partition coefficient (Wildman–Crippen LogP) is 5.67. The Bertz CT molecular complexity index is 1110. The fraction of sp³-hybridized carbons (Fsp3) is 0.400. The van der Waals surface area contributed by atoms with Gasteiger partial charge in [0.15, 0.2) is 5.78 Å². The van der Waals surface area contributed by atoms with Crippen LogP contribution in [0.3, 0.4) is 0 Å². The lowest BCUT2D eigenvalue weighted by Crippen LogP contribution is -2.33. The number of benzene rings is 2. The molecule has 5 rings (SSSR count). The summed E-state index contributed by atoms with van der Waals surface area (Å²) in [5.74, 6) is -1.37. The molecule has 6 heteroatoms. The molecule has 0 spiro atoms. The second-order valence-electron chi connectivity index (χ2n) is 9.05. The van der Waals surface area contributed by atoms with Gasteiger partial charge in [-0.2, -0.15) is 13.2 Å². The summed E-state index contributed by atoms with van der Waals surface area (Å²) in [6.45, 7) is 5.83. The first kappa shape index (κ1) is 20.3. The average Bonchev–Trinajstić information content (AvgIpc) is 3.34. The van der Waals surface area contributed by atoms with Gasteiger partial charge >= 0.3 is 6.18 Å². The normalized spacial score (nSPS) is 29.7. The lowest BCUT2D eigenvalue weighted by molar-refractivity contribution is -0.137. The highest BCUT2D eigenvalue weighted by Crippen LogP contribution is 2.58. The molecule has 2 aliphatic heterocycles. The molecule has 3 nitrogen and oxygen atoms in total. The van der Waals surface area contributed by atoms with Crippen LogP contribution in [0.2, 0.25) is 0 Å². The molecule has 5 atom stereocenters. The first-order chi connectivity index (χ1) is 14.6. The highest BCUT2D eigenvalue weighted by Gasteiger charge is 2.62. The summed E-state index contributed by atoms with van der Waals surface area (Å²) >= 11 is 0. The van der Waals surface area contributed by atoms with Crippen LogP contribution >= 0.6 is 0 Å². The number of alkyl halides is 3. The van der Waals surface area contributed by atoms with Crippen molar-refractivity contribution in [3.05, 3.63) is 75.5 Å². The smallest absolute Gasteiger partial charge is 0.416 e. The number of fused-ring (bicyclic) bond motifs is 5. The number of allylic oxidation sites excluding steroid dienone is 1. The van der Waals surface area contributed by atoms with E-state index in [1.54, 1.807) is 6.07 Å². The van der Waals surface area contributed by atoms with Gasteiger partial charge in [0.1, 0.15) is 5.76 Å². The monoisotopic (exact) mass is 428 g/mol. The number of aryl methyl sites for hydroxylation is 3. The van der Waals surface area contributed by atoms with Crippen molar-refractivity contribution in [2.45, 2.75) is 51.5 Å². The quantitative estimate of drug-likeness (QED) is 0.671. The molecule has 1 N–H and O–H groups in total. The zero-order valence-corrected chi connectivity index (χ0v) is 17.5. The Morgan fingerprint density at radius 2 is 1.71 bits per heavy atom. The molecule has 2 saturated heterocycles. The SMILES string of the molecule is Cc1cc(C)c(C2=C(O)[C@H]3[C@@H](C2=O)[C@@H]2CC(c4cccc(C(F)(F)F)c4)[C@H]3O2)c(C)c1. The number of halogens is 3. The van der Waals surface area contributed by atoms with Crippen LogP contribution in [0.5, 0.6) is 0 Å². The molecular weight excluding hydrogens is 405 g/mol. The van der Waals surface area contributed by atoms with Crippen molar-refractivity contribution < 1.29 is 27.8 Å². The van der Waals surface area contributed by atoms with Crippen LogP contribution in [0, 0.1) is 32.6 Å². The molecule has 2 aromatic carbocycles.